The SMILES string of the molecule is O=S(=O)(c1cccs1)N1CCOC(COc2cc(F)ccc2F)C1. The Kier molecular flexibility index (Phi) is 5.14. The number of benzene rings is 1. The van der Waals surface area contributed by atoms with Crippen molar-refractivity contribution in [2.45, 2.75) is 10.3 Å². The summed E-state index contributed by atoms with van der Waals surface area (Å²) in [5, 5.41) is 1.70. The van der Waals surface area contributed by atoms with Crippen LogP contribution in [0, 0.1) is 11.6 Å². The van der Waals surface area contributed by atoms with Crippen LogP contribution < -0.4 is 4.74 Å². The van der Waals surface area contributed by atoms with Gasteiger partial charge in [0.1, 0.15) is 22.7 Å². The molecule has 3 rings (SSSR count). The number of hydrogen-bond donors (Lipinski definition) is 0. The van der Waals surface area contributed by atoms with E-state index in [2.05, 4.69) is 0 Å². The summed E-state index contributed by atoms with van der Waals surface area (Å²) >= 11 is 1.15. The Labute approximate surface area is 142 Å². The maximum absolute atomic E-state index is 13.5. The van der Waals surface area contributed by atoms with E-state index in [0.29, 0.717) is 0 Å². The minimum Gasteiger partial charge on any atom is -0.488 e. The Hall–Kier alpha value is -1.55. The highest BCUT2D eigenvalue weighted by atomic mass is 32.2. The Morgan fingerprint density at radius 3 is 2.92 bits per heavy atom. The first kappa shape index (κ1) is 17.3. The van der Waals surface area contributed by atoms with Crippen molar-refractivity contribution >= 4 is 21.4 Å². The first-order chi connectivity index (χ1) is 11.5. The molecule has 0 amide bonds. The summed E-state index contributed by atoms with van der Waals surface area (Å²) in [6, 6.07) is 6.13. The van der Waals surface area contributed by atoms with E-state index in [1.165, 1.54) is 4.31 Å². The Morgan fingerprint density at radius 2 is 2.17 bits per heavy atom. The van der Waals surface area contributed by atoms with Crippen molar-refractivity contribution < 1.29 is 26.7 Å². The smallest absolute Gasteiger partial charge is 0.252 e. The summed E-state index contributed by atoms with van der Waals surface area (Å²) < 4.78 is 64.0. The molecule has 1 aliphatic rings. The van der Waals surface area contributed by atoms with Crippen LogP contribution in [0.15, 0.2) is 39.9 Å². The molecule has 130 valence electrons. The van der Waals surface area contributed by atoms with Crippen molar-refractivity contribution in [1.82, 2.24) is 4.31 Å². The first-order valence-corrected chi connectivity index (χ1v) is 9.52. The van der Waals surface area contributed by atoms with Crippen molar-refractivity contribution in [2.24, 2.45) is 0 Å². The molecule has 2 heterocycles. The summed E-state index contributed by atoms with van der Waals surface area (Å²) in [6.45, 7) is 0.476. The molecule has 0 bridgehead atoms. The number of halogens is 2. The summed E-state index contributed by atoms with van der Waals surface area (Å²) in [7, 11) is -3.57. The quantitative estimate of drug-likeness (QED) is 0.806. The number of nitrogens with zero attached hydrogens (tertiary/aromatic N) is 1. The lowest BCUT2D eigenvalue weighted by molar-refractivity contribution is -0.0255. The van der Waals surface area contributed by atoms with Gasteiger partial charge in [0.05, 0.1) is 6.61 Å². The van der Waals surface area contributed by atoms with E-state index in [9.17, 15) is 17.2 Å². The van der Waals surface area contributed by atoms with Crippen LogP contribution in [0.3, 0.4) is 0 Å². The van der Waals surface area contributed by atoms with Gasteiger partial charge in [-0.2, -0.15) is 4.31 Å². The van der Waals surface area contributed by atoms with Gasteiger partial charge in [-0.05, 0) is 23.6 Å². The molecule has 0 aliphatic carbocycles. The fourth-order valence-electron chi connectivity index (χ4n) is 2.32. The summed E-state index contributed by atoms with van der Waals surface area (Å²) in [5.41, 5.74) is 0. The largest absolute Gasteiger partial charge is 0.488 e. The monoisotopic (exact) mass is 375 g/mol. The third-order valence-electron chi connectivity index (χ3n) is 3.51. The van der Waals surface area contributed by atoms with Gasteiger partial charge in [-0.15, -0.1) is 11.3 Å². The standard InChI is InChI=1S/C15H15F2NO4S2/c16-11-3-4-13(17)14(8-11)22-10-12-9-18(5-6-21-12)24(19,20)15-2-1-7-23-15/h1-4,7-8,12H,5-6,9-10H2. The number of rotatable bonds is 5. The average molecular weight is 375 g/mol. The van der Waals surface area contributed by atoms with E-state index in [4.69, 9.17) is 9.47 Å². The Balaban J connectivity index is 1.65. The molecule has 1 unspecified atom stereocenters. The van der Waals surface area contributed by atoms with E-state index in [-0.39, 0.29) is 36.3 Å². The zero-order valence-electron chi connectivity index (χ0n) is 12.5. The topological polar surface area (TPSA) is 55.8 Å². The minimum absolute atomic E-state index is 0.0726. The van der Waals surface area contributed by atoms with Gasteiger partial charge in [-0.1, -0.05) is 6.07 Å². The second kappa shape index (κ2) is 7.14. The fraction of sp³-hybridized carbons (Fsp3) is 0.333. The zero-order chi connectivity index (χ0) is 17.2. The molecule has 1 aliphatic heterocycles. The van der Waals surface area contributed by atoms with Gasteiger partial charge in [0.15, 0.2) is 11.6 Å². The molecule has 1 aromatic heterocycles. The lowest BCUT2D eigenvalue weighted by Gasteiger charge is -2.31. The second-order valence-electron chi connectivity index (χ2n) is 5.17. The predicted molar refractivity (Wildman–Crippen MR) is 84.7 cm³/mol. The maximum atomic E-state index is 13.5. The van der Waals surface area contributed by atoms with Gasteiger partial charge in [0.25, 0.3) is 10.0 Å². The lowest BCUT2D eigenvalue weighted by Crippen LogP contribution is -2.47. The van der Waals surface area contributed by atoms with E-state index in [1.807, 2.05) is 0 Å². The first-order valence-electron chi connectivity index (χ1n) is 7.20. The summed E-state index contributed by atoms with van der Waals surface area (Å²) in [6.07, 6.45) is -0.559. The van der Waals surface area contributed by atoms with Crippen molar-refractivity contribution in [3.8, 4) is 5.75 Å². The van der Waals surface area contributed by atoms with E-state index < -0.39 is 27.8 Å². The van der Waals surface area contributed by atoms with E-state index >= 15 is 0 Å². The molecule has 9 heteroatoms. The molecule has 1 saturated heterocycles. The van der Waals surface area contributed by atoms with E-state index in [0.717, 1.165) is 29.5 Å². The van der Waals surface area contributed by atoms with Gasteiger partial charge < -0.3 is 9.47 Å². The van der Waals surface area contributed by atoms with Gasteiger partial charge in [0, 0.05) is 19.2 Å². The van der Waals surface area contributed by atoms with Crippen molar-refractivity contribution in [3.63, 3.8) is 0 Å². The minimum atomic E-state index is -3.57. The van der Waals surface area contributed by atoms with Crippen molar-refractivity contribution in [2.75, 3.05) is 26.3 Å². The molecular formula is C15H15F2NO4S2. The molecule has 0 saturated carbocycles. The molecule has 1 fully saturated rings. The number of ether oxygens (including phenoxy) is 2. The molecule has 1 atom stereocenters. The molecule has 2 aromatic rings. The van der Waals surface area contributed by atoms with Crippen molar-refractivity contribution in [3.05, 3.63) is 47.3 Å². The van der Waals surface area contributed by atoms with Gasteiger partial charge >= 0.3 is 0 Å². The van der Waals surface area contributed by atoms with Crippen LogP contribution in [0.1, 0.15) is 0 Å². The van der Waals surface area contributed by atoms with Crippen LogP contribution in [0.5, 0.6) is 5.75 Å². The van der Waals surface area contributed by atoms with Crippen LogP contribution in [0.25, 0.3) is 0 Å². The zero-order valence-corrected chi connectivity index (χ0v) is 14.2. The Morgan fingerprint density at radius 1 is 1.33 bits per heavy atom. The van der Waals surface area contributed by atoms with Gasteiger partial charge in [0.2, 0.25) is 0 Å². The number of thiophene rings is 1. The molecule has 5 nitrogen and oxygen atoms in total. The molecule has 1 aromatic carbocycles. The number of hydrogen-bond acceptors (Lipinski definition) is 5. The summed E-state index contributed by atoms with van der Waals surface area (Å²) in [5.74, 6) is -1.52. The van der Waals surface area contributed by atoms with E-state index in [1.54, 1.807) is 17.5 Å². The second-order valence-corrected chi connectivity index (χ2v) is 8.29. The van der Waals surface area contributed by atoms with Crippen LogP contribution in [-0.2, 0) is 14.8 Å². The molecule has 0 radical (unpaired) electrons. The fourth-order valence-corrected chi connectivity index (χ4v) is 4.92. The highest BCUT2D eigenvalue weighted by Gasteiger charge is 2.31. The maximum Gasteiger partial charge on any atom is 0.252 e. The number of morpholine rings is 1. The lowest BCUT2D eigenvalue weighted by atomic mass is 10.3. The van der Waals surface area contributed by atoms with Gasteiger partial charge in [-0.25, -0.2) is 17.2 Å². The molecule has 0 N–H and O–H groups in total. The number of sulfonamides is 1. The third-order valence-corrected chi connectivity index (χ3v) is 6.75. The highest BCUT2D eigenvalue weighted by Crippen LogP contribution is 2.24. The van der Waals surface area contributed by atoms with Gasteiger partial charge in [-0.3, -0.25) is 0 Å². The highest BCUT2D eigenvalue weighted by molar-refractivity contribution is 7.91. The third kappa shape index (κ3) is 3.75. The van der Waals surface area contributed by atoms with Crippen LogP contribution in [0.4, 0.5) is 8.78 Å². The van der Waals surface area contributed by atoms with Crippen LogP contribution in [-0.4, -0.2) is 45.1 Å². The molecular weight excluding hydrogens is 360 g/mol. The normalized spacial score (nSPS) is 19.3. The van der Waals surface area contributed by atoms with Crippen molar-refractivity contribution in [1.29, 1.82) is 0 Å². The average Bonchev–Trinajstić information content (AvgIpc) is 3.11. The molecule has 0 spiro atoms. The summed E-state index contributed by atoms with van der Waals surface area (Å²) in [4.78, 5) is 0. The predicted octanol–water partition coefficient (Wildman–Crippen LogP) is 2.49. The van der Waals surface area contributed by atoms with Crippen LogP contribution in [0.2, 0.25) is 0 Å². The molecule has 24 heavy (non-hydrogen) atoms. The van der Waals surface area contributed by atoms with Crippen LogP contribution >= 0.6 is 11.3 Å². The Bertz CT molecular complexity index is 796.